The minimum absolute atomic E-state index is 0.0772. The SMILES string of the molecule is CCCCCC/C=C\C=C/CCCCCCCC(=O)OC[C@H](COP(=O)(O)OC[C@@H](O)COP(=O)(O)OC[C@@H](COC(=O)CCCCCCCCCCCCCCC)OC(=O)CCCCCCC/C=C\CCCCCC)OC(=O)CCCCCCC/C=C\C=C/CCCCCC. The Hall–Kier alpha value is -3.24. The smallest absolute Gasteiger partial charge is 0.462 e. The largest absolute Gasteiger partial charge is 0.472 e. The maximum atomic E-state index is 13.1. The van der Waals surface area contributed by atoms with Crippen LogP contribution in [0, 0.1) is 0 Å². The first-order valence-electron chi connectivity index (χ1n) is 38.6. The van der Waals surface area contributed by atoms with E-state index in [1.165, 1.54) is 135 Å². The fourth-order valence-corrected chi connectivity index (χ4v) is 12.1. The molecule has 0 heterocycles. The van der Waals surface area contributed by atoms with E-state index >= 15 is 0 Å². The summed E-state index contributed by atoms with van der Waals surface area (Å²) in [4.78, 5) is 72.8. The number of ether oxygens (including phenoxy) is 4. The standard InChI is InChI=1S/C77H140O17P2/c1-5-9-13-17-21-25-29-33-35-39-42-46-50-54-58-62-75(80)88-68-73(94-77(82)64-60-56-52-48-44-40-36-34-30-26-22-18-14-10-6-2)70-92-96(85,86)90-66-71(78)65-89-95(83,84)91-69-72(93-76(81)63-59-55-51-47-43-38-32-28-24-20-16-12-8-4)67-87-74(79)61-57-53-49-45-41-37-31-27-23-19-15-11-7-3/h25-26,28-30,32-36,71-73,78H,5-24,27,31,37-70H2,1-4H3,(H,83,84)(H,85,86)/b29-25-,30-26-,32-28-,35-33-,36-34-/t71-,72+,73+/m0/s1. The van der Waals surface area contributed by atoms with E-state index in [1.807, 2.05) is 0 Å². The van der Waals surface area contributed by atoms with Crippen LogP contribution in [0.5, 0.6) is 0 Å². The van der Waals surface area contributed by atoms with E-state index in [0.29, 0.717) is 25.7 Å². The molecule has 0 aromatic rings. The summed E-state index contributed by atoms with van der Waals surface area (Å²) in [6.07, 6.45) is 67.7. The van der Waals surface area contributed by atoms with E-state index < -0.39 is 97.5 Å². The molecule has 0 aliphatic rings. The Morgan fingerprint density at radius 3 is 0.792 bits per heavy atom. The molecule has 0 fully saturated rings. The van der Waals surface area contributed by atoms with E-state index in [9.17, 15) is 43.2 Å². The highest BCUT2D eigenvalue weighted by Gasteiger charge is 2.30. The van der Waals surface area contributed by atoms with Crippen LogP contribution in [0.4, 0.5) is 0 Å². The zero-order valence-corrected chi connectivity index (χ0v) is 62.8. The summed E-state index contributed by atoms with van der Waals surface area (Å²) in [5.74, 6) is -2.19. The lowest BCUT2D eigenvalue weighted by Gasteiger charge is -2.21. The third kappa shape index (κ3) is 69.2. The van der Waals surface area contributed by atoms with E-state index in [4.69, 9.17) is 37.0 Å². The molecule has 560 valence electrons. The molecule has 3 N–H and O–H groups in total. The number of phosphoric ester groups is 2. The fourth-order valence-electron chi connectivity index (χ4n) is 10.6. The highest BCUT2D eigenvalue weighted by Crippen LogP contribution is 2.45. The Balaban J connectivity index is 5.35. The molecule has 0 spiro atoms. The van der Waals surface area contributed by atoms with Crippen molar-refractivity contribution in [2.75, 3.05) is 39.6 Å². The van der Waals surface area contributed by atoms with Crippen molar-refractivity contribution in [3.05, 3.63) is 60.8 Å². The third-order valence-corrected chi connectivity index (χ3v) is 18.4. The molecule has 19 heteroatoms. The number of aliphatic hydroxyl groups excluding tert-OH is 1. The number of carbonyl (C=O) groups excluding carboxylic acids is 4. The predicted molar refractivity (Wildman–Crippen MR) is 390 cm³/mol. The summed E-state index contributed by atoms with van der Waals surface area (Å²) in [5.41, 5.74) is 0. The van der Waals surface area contributed by atoms with Gasteiger partial charge in [-0.25, -0.2) is 9.13 Å². The van der Waals surface area contributed by atoms with Gasteiger partial charge < -0.3 is 33.8 Å². The van der Waals surface area contributed by atoms with Crippen molar-refractivity contribution in [2.24, 2.45) is 0 Å². The van der Waals surface area contributed by atoms with Gasteiger partial charge in [0.2, 0.25) is 0 Å². The van der Waals surface area contributed by atoms with Gasteiger partial charge in [0.25, 0.3) is 0 Å². The average molecular weight is 1400 g/mol. The molecule has 0 rings (SSSR count). The molecule has 0 aliphatic carbocycles. The summed E-state index contributed by atoms with van der Waals surface area (Å²) >= 11 is 0. The van der Waals surface area contributed by atoms with Crippen LogP contribution in [0.1, 0.15) is 349 Å². The second-order valence-corrected chi connectivity index (χ2v) is 28.9. The van der Waals surface area contributed by atoms with Gasteiger partial charge in [0.1, 0.15) is 19.3 Å². The molecule has 0 bridgehead atoms. The zero-order valence-electron chi connectivity index (χ0n) is 61.1. The maximum Gasteiger partial charge on any atom is 0.472 e. The second kappa shape index (κ2) is 70.2. The van der Waals surface area contributed by atoms with Crippen LogP contribution in [0.25, 0.3) is 0 Å². The van der Waals surface area contributed by atoms with Gasteiger partial charge in [0.05, 0.1) is 26.4 Å². The monoisotopic (exact) mass is 1400 g/mol. The number of hydrogen-bond donors (Lipinski definition) is 3. The first-order valence-corrected chi connectivity index (χ1v) is 41.6. The third-order valence-electron chi connectivity index (χ3n) is 16.5. The molecule has 0 radical (unpaired) electrons. The van der Waals surface area contributed by atoms with Crippen LogP contribution in [0.2, 0.25) is 0 Å². The van der Waals surface area contributed by atoms with E-state index in [0.717, 1.165) is 135 Å². The molecule has 0 saturated carbocycles. The molecule has 2 unspecified atom stereocenters. The van der Waals surface area contributed by atoms with Crippen LogP contribution in [0.15, 0.2) is 60.8 Å². The van der Waals surface area contributed by atoms with E-state index in [-0.39, 0.29) is 25.7 Å². The lowest BCUT2D eigenvalue weighted by atomic mass is 10.0. The van der Waals surface area contributed by atoms with Crippen molar-refractivity contribution in [1.82, 2.24) is 0 Å². The number of esters is 4. The first-order chi connectivity index (χ1) is 46.7. The predicted octanol–water partition coefficient (Wildman–Crippen LogP) is 21.9. The number of unbranched alkanes of at least 4 members (excludes halogenated alkanes) is 39. The Bertz CT molecular complexity index is 2060. The molecule has 17 nitrogen and oxygen atoms in total. The Kier molecular flexibility index (Phi) is 67.8. The van der Waals surface area contributed by atoms with Crippen LogP contribution in [-0.2, 0) is 65.4 Å². The van der Waals surface area contributed by atoms with Crippen LogP contribution in [-0.4, -0.2) is 96.7 Å². The van der Waals surface area contributed by atoms with Gasteiger partial charge in [0, 0.05) is 25.7 Å². The van der Waals surface area contributed by atoms with Crippen molar-refractivity contribution < 1.29 is 80.2 Å². The van der Waals surface area contributed by atoms with Gasteiger partial charge in [-0.05, 0) is 103 Å². The number of rotatable bonds is 73. The van der Waals surface area contributed by atoms with E-state index in [1.54, 1.807) is 0 Å². The zero-order chi connectivity index (χ0) is 70.4. The Labute approximate surface area is 584 Å². The summed E-state index contributed by atoms with van der Waals surface area (Å²) in [6.45, 7) is 4.82. The fraction of sp³-hybridized carbons (Fsp3) is 0.818. The molecule has 0 aliphatic heterocycles. The van der Waals surface area contributed by atoms with E-state index in [2.05, 4.69) is 88.5 Å². The molecule has 0 aromatic carbocycles. The minimum Gasteiger partial charge on any atom is -0.462 e. The molecule has 0 amide bonds. The van der Waals surface area contributed by atoms with Gasteiger partial charge in [-0.2, -0.15) is 0 Å². The summed E-state index contributed by atoms with van der Waals surface area (Å²) in [5, 5.41) is 10.6. The minimum atomic E-state index is -4.97. The number of hydrogen-bond acceptors (Lipinski definition) is 15. The topological polar surface area (TPSA) is 237 Å². The van der Waals surface area contributed by atoms with Crippen LogP contribution in [0.3, 0.4) is 0 Å². The summed E-state index contributed by atoms with van der Waals surface area (Å²) in [7, 11) is -9.94. The Morgan fingerprint density at radius 1 is 0.292 bits per heavy atom. The first kappa shape index (κ1) is 92.8. The van der Waals surface area contributed by atoms with Gasteiger partial charge in [-0.3, -0.25) is 37.3 Å². The van der Waals surface area contributed by atoms with Crippen molar-refractivity contribution in [3.63, 3.8) is 0 Å². The molecule has 0 saturated heterocycles. The average Bonchev–Trinajstić information content (AvgIpc) is 1.36. The van der Waals surface area contributed by atoms with Crippen molar-refractivity contribution >= 4 is 39.5 Å². The second-order valence-electron chi connectivity index (χ2n) is 26.0. The van der Waals surface area contributed by atoms with Crippen molar-refractivity contribution in [1.29, 1.82) is 0 Å². The summed E-state index contributed by atoms with van der Waals surface area (Å²) < 4.78 is 68.4. The molecular weight excluding hydrogens is 1260 g/mol. The highest BCUT2D eigenvalue weighted by molar-refractivity contribution is 7.47. The highest BCUT2D eigenvalue weighted by atomic mass is 31.2. The summed E-state index contributed by atoms with van der Waals surface area (Å²) in [6, 6.07) is 0. The van der Waals surface area contributed by atoms with Crippen molar-refractivity contribution in [3.8, 4) is 0 Å². The van der Waals surface area contributed by atoms with Gasteiger partial charge >= 0.3 is 39.5 Å². The number of phosphoric acid groups is 2. The quantitative estimate of drug-likeness (QED) is 0.0128. The number of aliphatic hydroxyl groups is 1. The van der Waals surface area contributed by atoms with Gasteiger partial charge in [0.15, 0.2) is 12.2 Å². The van der Waals surface area contributed by atoms with Crippen LogP contribution >= 0.6 is 15.6 Å². The molecule has 5 atom stereocenters. The van der Waals surface area contributed by atoms with Gasteiger partial charge in [-0.15, -0.1) is 0 Å². The lowest BCUT2D eigenvalue weighted by molar-refractivity contribution is -0.161. The Morgan fingerprint density at radius 2 is 0.510 bits per heavy atom. The number of carbonyl (C=O) groups is 4. The van der Waals surface area contributed by atoms with Gasteiger partial charge in [-0.1, -0.05) is 281 Å². The normalized spacial score (nSPS) is 14.3. The van der Waals surface area contributed by atoms with Crippen LogP contribution < -0.4 is 0 Å². The molecule has 96 heavy (non-hydrogen) atoms. The number of allylic oxidation sites excluding steroid dienone is 10. The molecule has 0 aromatic heterocycles. The lowest BCUT2D eigenvalue weighted by Crippen LogP contribution is -2.30. The molecular formula is C77H140O17P2. The maximum absolute atomic E-state index is 13.1. The van der Waals surface area contributed by atoms with Crippen molar-refractivity contribution in [2.45, 2.75) is 367 Å².